The number of hydrogen-bond acceptors (Lipinski definition) is 3. The van der Waals surface area contributed by atoms with Crippen LogP contribution in [0, 0.1) is 13.8 Å². The Kier molecular flexibility index (Phi) is 5.69. The summed E-state index contributed by atoms with van der Waals surface area (Å²) in [5.41, 5.74) is 3.81. The molecule has 1 amide bonds. The third-order valence-electron chi connectivity index (χ3n) is 4.85. The fourth-order valence-electron chi connectivity index (χ4n) is 3.12. The van der Waals surface area contributed by atoms with Crippen molar-refractivity contribution in [1.82, 2.24) is 4.90 Å². The van der Waals surface area contributed by atoms with Crippen molar-refractivity contribution in [2.45, 2.75) is 30.9 Å². The largest absolute Gasteiger partial charge is 0.368 e. The number of carbonyl (C=O) groups is 1. The second-order valence-electron chi connectivity index (χ2n) is 6.65. The van der Waals surface area contributed by atoms with Crippen molar-refractivity contribution in [3.63, 3.8) is 0 Å². The van der Waals surface area contributed by atoms with Crippen molar-refractivity contribution in [3.8, 4) is 0 Å². The first kappa shape index (κ1) is 17.9. The second-order valence-corrected chi connectivity index (χ2v) is 8.07. The Hall–Kier alpha value is -1.94. The van der Waals surface area contributed by atoms with Gasteiger partial charge in [0.2, 0.25) is 5.91 Å². The normalized spacial score (nSPS) is 16.0. The third kappa shape index (κ3) is 4.37. The number of rotatable bonds is 4. The van der Waals surface area contributed by atoms with Gasteiger partial charge in [-0.1, -0.05) is 24.3 Å². The zero-order chi connectivity index (χ0) is 17.8. The molecule has 2 aromatic carbocycles. The van der Waals surface area contributed by atoms with Crippen molar-refractivity contribution < 1.29 is 4.79 Å². The molecule has 1 aliphatic rings. The van der Waals surface area contributed by atoms with Gasteiger partial charge in [-0.15, -0.1) is 11.8 Å². The minimum Gasteiger partial charge on any atom is -0.368 e. The van der Waals surface area contributed by atoms with E-state index in [2.05, 4.69) is 61.2 Å². The van der Waals surface area contributed by atoms with Crippen LogP contribution in [0.25, 0.3) is 0 Å². The second kappa shape index (κ2) is 7.96. The van der Waals surface area contributed by atoms with E-state index in [9.17, 15) is 4.79 Å². The van der Waals surface area contributed by atoms with Crippen LogP contribution in [0.4, 0.5) is 5.69 Å². The van der Waals surface area contributed by atoms with Gasteiger partial charge >= 0.3 is 0 Å². The molecule has 0 radical (unpaired) electrons. The number of hydrogen-bond donors (Lipinski definition) is 0. The van der Waals surface area contributed by atoms with Crippen LogP contribution < -0.4 is 4.90 Å². The molecular formula is C21H26N2OS. The molecule has 3 rings (SSSR count). The Bertz CT molecular complexity index is 724. The highest BCUT2D eigenvalue weighted by Gasteiger charge is 2.25. The van der Waals surface area contributed by atoms with E-state index in [0.717, 1.165) is 26.2 Å². The zero-order valence-corrected chi connectivity index (χ0v) is 16.1. The molecule has 0 spiro atoms. The van der Waals surface area contributed by atoms with Gasteiger partial charge < -0.3 is 9.80 Å². The Morgan fingerprint density at radius 2 is 1.64 bits per heavy atom. The molecule has 1 aliphatic heterocycles. The first-order valence-corrected chi connectivity index (χ1v) is 9.75. The molecule has 132 valence electrons. The first-order valence-electron chi connectivity index (χ1n) is 8.87. The Balaban J connectivity index is 1.55. The fourth-order valence-corrected chi connectivity index (χ4v) is 4.17. The van der Waals surface area contributed by atoms with Crippen molar-refractivity contribution in [2.75, 3.05) is 31.1 Å². The summed E-state index contributed by atoms with van der Waals surface area (Å²) in [6.45, 7) is 9.65. The molecule has 1 saturated heterocycles. The molecule has 0 aromatic heterocycles. The SMILES string of the molecule is Cc1ccc(S[C@@H](C)C(=O)N2CCN(c3ccccc3)CC2)cc1C. The fraction of sp³-hybridized carbons (Fsp3) is 0.381. The molecule has 0 N–H and O–H groups in total. The number of nitrogens with zero attached hydrogens (tertiary/aromatic N) is 2. The summed E-state index contributed by atoms with van der Waals surface area (Å²) in [4.78, 5) is 18.3. The quantitative estimate of drug-likeness (QED) is 0.771. The summed E-state index contributed by atoms with van der Waals surface area (Å²) in [7, 11) is 0. The van der Waals surface area contributed by atoms with Crippen molar-refractivity contribution in [3.05, 3.63) is 59.7 Å². The van der Waals surface area contributed by atoms with Crippen LogP contribution in [0.5, 0.6) is 0 Å². The van der Waals surface area contributed by atoms with E-state index in [1.165, 1.54) is 21.7 Å². The minimum absolute atomic E-state index is 0.0506. The first-order chi connectivity index (χ1) is 12.0. The van der Waals surface area contributed by atoms with Gasteiger partial charge in [0.15, 0.2) is 0 Å². The van der Waals surface area contributed by atoms with E-state index in [-0.39, 0.29) is 11.2 Å². The topological polar surface area (TPSA) is 23.6 Å². The highest BCUT2D eigenvalue weighted by Crippen LogP contribution is 2.27. The predicted octanol–water partition coefficient (Wildman–Crippen LogP) is 4.13. The highest BCUT2D eigenvalue weighted by atomic mass is 32.2. The molecule has 25 heavy (non-hydrogen) atoms. The summed E-state index contributed by atoms with van der Waals surface area (Å²) in [5.74, 6) is 0.246. The summed E-state index contributed by atoms with van der Waals surface area (Å²) < 4.78 is 0. The maximum absolute atomic E-state index is 12.8. The Morgan fingerprint density at radius 1 is 0.960 bits per heavy atom. The third-order valence-corrected chi connectivity index (χ3v) is 5.93. The van der Waals surface area contributed by atoms with Gasteiger partial charge in [0.25, 0.3) is 0 Å². The molecule has 1 fully saturated rings. The minimum atomic E-state index is -0.0506. The lowest BCUT2D eigenvalue weighted by atomic mass is 10.1. The van der Waals surface area contributed by atoms with Crippen LogP contribution in [0.15, 0.2) is 53.4 Å². The van der Waals surface area contributed by atoms with E-state index in [0.29, 0.717) is 0 Å². The predicted molar refractivity (Wildman–Crippen MR) is 106 cm³/mol. The summed E-state index contributed by atoms with van der Waals surface area (Å²) in [5, 5.41) is -0.0506. The molecule has 3 nitrogen and oxygen atoms in total. The zero-order valence-electron chi connectivity index (χ0n) is 15.2. The molecule has 0 bridgehead atoms. The van der Waals surface area contributed by atoms with Gasteiger partial charge in [-0.2, -0.15) is 0 Å². The number of aryl methyl sites for hydroxylation is 2. The molecular weight excluding hydrogens is 328 g/mol. The average molecular weight is 355 g/mol. The summed E-state index contributed by atoms with van der Waals surface area (Å²) in [6, 6.07) is 16.9. The number of benzene rings is 2. The Morgan fingerprint density at radius 3 is 2.28 bits per heavy atom. The van der Waals surface area contributed by atoms with E-state index >= 15 is 0 Å². The van der Waals surface area contributed by atoms with Gasteiger partial charge in [-0.25, -0.2) is 0 Å². The maximum Gasteiger partial charge on any atom is 0.235 e. The molecule has 0 aliphatic carbocycles. The molecule has 4 heteroatoms. The Labute approximate surface area is 155 Å². The summed E-state index contributed by atoms with van der Waals surface area (Å²) >= 11 is 1.66. The van der Waals surface area contributed by atoms with Crippen LogP contribution in [-0.4, -0.2) is 42.2 Å². The number of carbonyl (C=O) groups excluding carboxylic acids is 1. The number of amides is 1. The van der Waals surface area contributed by atoms with E-state index in [1.54, 1.807) is 11.8 Å². The smallest absolute Gasteiger partial charge is 0.235 e. The van der Waals surface area contributed by atoms with Crippen LogP contribution >= 0.6 is 11.8 Å². The van der Waals surface area contributed by atoms with Crippen molar-refractivity contribution >= 4 is 23.4 Å². The van der Waals surface area contributed by atoms with Crippen molar-refractivity contribution in [2.24, 2.45) is 0 Å². The molecule has 2 aromatic rings. The van der Waals surface area contributed by atoms with Gasteiger partial charge in [0.05, 0.1) is 5.25 Å². The number of anilines is 1. The lowest BCUT2D eigenvalue weighted by Crippen LogP contribution is -2.50. The van der Waals surface area contributed by atoms with E-state index < -0.39 is 0 Å². The number of para-hydroxylation sites is 1. The van der Waals surface area contributed by atoms with E-state index in [1.807, 2.05) is 17.9 Å². The lowest BCUT2D eigenvalue weighted by molar-refractivity contribution is -0.130. The number of piperazine rings is 1. The van der Waals surface area contributed by atoms with Gasteiger partial charge in [0.1, 0.15) is 0 Å². The van der Waals surface area contributed by atoms with Crippen LogP contribution in [-0.2, 0) is 4.79 Å². The van der Waals surface area contributed by atoms with Gasteiger partial charge in [0, 0.05) is 36.8 Å². The molecule has 1 atom stereocenters. The summed E-state index contributed by atoms with van der Waals surface area (Å²) in [6.07, 6.45) is 0. The standard InChI is InChI=1S/C21H26N2OS/c1-16-9-10-20(15-17(16)2)25-18(3)21(24)23-13-11-22(12-14-23)19-7-5-4-6-8-19/h4-10,15,18H,11-14H2,1-3H3/t18-/m0/s1. The number of thioether (sulfide) groups is 1. The van der Waals surface area contributed by atoms with Crippen LogP contribution in [0.2, 0.25) is 0 Å². The maximum atomic E-state index is 12.8. The molecule has 0 saturated carbocycles. The highest BCUT2D eigenvalue weighted by molar-refractivity contribution is 8.00. The lowest BCUT2D eigenvalue weighted by Gasteiger charge is -2.37. The molecule has 1 heterocycles. The monoisotopic (exact) mass is 354 g/mol. The van der Waals surface area contributed by atoms with E-state index in [4.69, 9.17) is 0 Å². The average Bonchev–Trinajstić information content (AvgIpc) is 2.65. The van der Waals surface area contributed by atoms with Crippen LogP contribution in [0.1, 0.15) is 18.1 Å². The molecule has 0 unspecified atom stereocenters. The van der Waals surface area contributed by atoms with Gasteiger partial charge in [-0.3, -0.25) is 4.79 Å². The van der Waals surface area contributed by atoms with Crippen molar-refractivity contribution in [1.29, 1.82) is 0 Å². The van der Waals surface area contributed by atoms with Crippen LogP contribution in [0.3, 0.4) is 0 Å². The van der Waals surface area contributed by atoms with Gasteiger partial charge in [-0.05, 0) is 56.2 Å².